The molecule has 1 aliphatic carbocycles. The summed E-state index contributed by atoms with van der Waals surface area (Å²) in [5, 5.41) is 0. The van der Waals surface area contributed by atoms with Crippen LogP contribution in [0.5, 0.6) is 0 Å². The van der Waals surface area contributed by atoms with E-state index in [9.17, 15) is 0 Å². The molecule has 0 aliphatic heterocycles. The zero-order chi connectivity index (χ0) is 11.8. The summed E-state index contributed by atoms with van der Waals surface area (Å²) in [7, 11) is 0. The van der Waals surface area contributed by atoms with Gasteiger partial charge in [0.1, 0.15) is 5.56 Å². The van der Waals surface area contributed by atoms with Crippen molar-refractivity contribution in [3.05, 3.63) is 0 Å². The van der Waals surface area contributed by atoms with Crippen molar-refractivity contribution in [2.24, 2.45) is 5.92 Å². The molecule has 0 heterocycles. The highest BCUT2D eigenvalue weighted by Crippen LogP contribution is 2.26. The van der Waals surface area contributed by atoms with Crippen molar-refractivity contribution in [1.29, 1.82) is 0 Å². The fraction of sp³-hybridized carbons (Fsp3) is 1.00. The summed E-state index contributed by atoms with van der Waals surface area (Å²) < 4.78 is 6.04. The smallest absolute Gasteiger partial charge is 0.134 e. The van der Waals surface area contributed by atoms with Gasteiger partial charge in [0.2, 0.25) is 0 Å². The molecular formula is C14H27ClO. The summed E-state index contributed by atoms with van der Waals surface area (Å²) in [6, 6.07) is 0. The number of hydrogen-bond donors (Lipinski definition) is 0. The molecule has 0 N–H and O–H groups in total. The Bertz CT molecular complexity index is 160. The molecule has 1 unspecified atom stereocenters. The topological polar surface area (TPSA) is 9.23 Å². The van der Waals surface area contributed by atoms with E-state index < -0.39 is 0 Å². The second-order valence-corrected chi connectivity index (χ2v) is 5.46. The number of ether oxygens (including phenoxy) is 1. The van der Waals surface area contributed by atoms with Gasteiger partial charge in [0.05, 0.1) is 6.10 Å². The Labute approximate surface area is 106 Å². The molecular weight excluding hydrogens is 220 g/mol. The summed E-state index contributed by atoms with van der Waals surface area (Å²) in [6.45, 7) is 4.40. The van der Waals surface area contributed by atoms with E-state index in [1.807, 2.05) is 0 Å². The molecule has 0 aromatic carbocycles. The van der Waals surface area contributed by atoms with E-state index in [1.165, 1.54) is 44.9 Å². The fourth-order valence-corrected chi connectivity index (χ4v) is 3.01. The first-order valence-corrected chi connectivity index (χ1v) is 7.51. The molecule has 0 spiro atoms. The molecule has 0 radical (unpaired) electrons. The number of hydrogen-bond acceptors (Lipinski definition) is 1. The molecule has 0 aromatic heterocycles. The Hall–Kier alpha value is 0.250. The van der Waals surface area contributed by atoms with Crippen LogP contribution in [0.25, 0.3) is 0 Å². The van der Waals surface area contributed by atoms with Crippen LogP contribution in [0, 0.1) is 5.92 Å². The molecule has 16 heavy (non-hydrogen) atoms. The minimum absolute atomic E-state index is 0.0700. The lowest BCUT2D eigenvalue weighted by atomic mass is 9.98. The van der Waals surface area contributed by atoms with E-state index >= 15 is 0 Å². The minimum atomic E-state index is -0.0700. The summed E-state index contributed by atoms with van der Waals surface area (Å²) in [5.41, 5.74) is -0.0700. The van der Waals surface area contributed by atoms with Crippen molar-refractivity contribution in [2.45, 2.75) is 83.3 Å². The van der Waals surface area contributed by atoms with Crippen LogP contribution in [0.4, 0.5) is 0 Å². The minimum Gasteiger partial charge on any atom is -0.359 e. The van der Waals surface area contributed by atoms with Gasteiger partial charge in [0.15, 0.2) is 0 Å². The maximum atomic E-state index is 6.35. The normalized spacial score (nSPS) is 21.8. The van der Waals surface area contributed by atoms with Crippen LogP contribution in [0.3, 0.4) is 0 Å². The maximum absolute atomic E-state index is 6.35. The lowest BCUT2D eigenvalue weighted by Crippen LogP contribution is -2.25. The molecule has 1 aliphatic rings. The molecule has 1 nitrogen and oxygen atoms in total. The monoisotopic (exact) mass is 246 g/mol. The van der Waals surface area contributed by atoms with Gasteiger partial charge in [-0.2, -0.15) is 0 Å². The second kappa shape index (κ2) is 8.36. The Morgan fingerprint density at radius 2 is 1.50 bits per heavy atom. The molecule has 1 atom stereocenters. The molecule has 1 saturated carbocycles. The van der Waals surface area contributed by atoms with Gasteiger partial charge >= 0.3 is 0 Å². The van der Waals surface area contributed by atoms with Crippen LogP contribution in [-0.2, 0) is 4.74 Å². The van der Waals surface area contributed by atoms with Crippen molar-refractivity contribution in [1.82, 2.24) is 0 Å². The van der Waals surface area contributed by atoms with Gasteiger partial charge in [-0.15, -0.1) is 0 Å². The van der Waals surface area contributed by atoms with Crippen LogP contribution in [-0.4, -0.2) is 11.7 Å². The lowest BCUT2D eigenvalue weighted by Gasteiger charge is -2.27. The summed E-state index contributed by atoms with van der Waals surface area (Å²) in [5.74, 6) is 0.520. The van der Waals surface area contributed by atoms with E-state index in [0.717, 1.165) is 12.8 Å². The second-order valence-electron chi connectivity index (χ2n) is 5.03. The third-order valence-electron chi connectivity index (χ3n) is 3.79. The standard InChI is InChI=1S/C14H27ClO/c1-3-12(4-2)14(15)16-13-10-8-6-5-7-9-11-13/h12-14H,3-11H2,1-2H3. The van der Waals surface area contributed by atoms with Crippen molar-refractivity contribution < 1.29 is 4.74 Å². The van der Waals surface area contributed by atoms with Crippen LogP contribution in [0.15, 0.2) is 0 Å². The number of rotatable bonds is 5. The fourth-order valence-electron chi connectivity index (χ4n) is 2.51. The van der Waals surface area contributed by atoms with Crippen LogP contribution in [0.2, 0.25) is 0 Å². The SMILES string of the molecule is CCC(CC)C(Cl)OC1CCCCCCC1. The molecule has 1 rings (SSSR count). The first kappa shape index (κ1) is 14.3. The Morgan fingerprint density at radius 1 is 1.00 bits per heavy atom. The zero-order valence-electron chi connectivity index (χ0n) is 10.9. The van der Waals surface area contributed by atoms with Gasteiger partial charge in [-0.05, 0) is 31.6 Å². The van der Waals surface area contributed by atoms with Gasteiger partial charge < -0.3 is 4.74 Å². The van der Waals surface area contributed by atoms with Gasteiger partial charge in [-0.3, -0.25) is 0 Å². The lowest BCUT2D eigenvalue weighted by molar-refractivity contribution is -0.0118. The first-order chi connectivity index (χ1) is 7.77. The summed E-state index contributed by atoms with van der Waals surface area (Å²) in [4.78, 5) is 0. The third-order valence-corrected chi connectivity index (χ3v) is 4.25. The molecule has 2 heteroatoms. The van der Waals surface area contributed by atoms with E-state index in [2.05, 4.69) is 13.8 Å². The van der Waals surface area contributed by atoms with Gasteiger partial charge in [0.25, 0.3) is 0 Å². The highest BCUT2D eigenvalue weighted by atomic mass is 35.5. The number of alkyl halides is 1. The zero-order valence-corrected chi connectivity index (χ0v) is 11.6. The van der Waals surface area contributed by atoms with E-state index in [4.69, 9.17) is 16.3 Å². The third kappa shape index (κ3) is 5.05. The Kier molecular flexibility index (Phi) is 7.47. The van der Waals surface area contributed by atoms with Gasteiger partial charge in [0, 0.05) is 0 Å². The number of halogens is 1. The molecule has 1 fully saturated rings. The quantitative estimate of drug-likeness (QED) is 0.612. The highest BCUT2D eigenvalue weighted by Gasteiger charge is 2.21. The maximum Gasteiger partial charge on any atom is 0.134 e. The Balaban J connectivity index is 2.32. The van der Waals surface area contributed by atoms with Crippen molar-refractivity contribution in [3.63, 3.8) is 0 Å². The average molecular weight is 247 g/mol. The van der Waals surface area contributed by atoms with Gasteiger partial charge in [-0.25, -0.2) is 0 Å². The molecule has 96 valence electrons. The summed E-state index contributed by atoms with van der Waals surface area (Å²) >= 11 is 6.35. The van der Waals surface area contributed by atoms with Crippen LogP contribution >= 0.6 is 11.6 Å². The highest BCUT2D eigenvalue weighted by molar-refractivity contribution is 6.19. The van der Waals surface area contributed by atoms with Crippen molar-refractivity contribution in [2.75, 3.05) is 0 Å². The average Bonchev–Trinajstić information content (AvgIpc) is 2.23. The summed E-state index contributed by atoms with van der Waals surface area (Å²) in [6.07, 6.45) is 11.9. The van der Waals surface area contributed by atoms with Crippen LogP contribution in [0.1, 0.15) is 71.6 Å². The van der Waals surface area contributed by atoms with E-state index in [1.54, 1.807) is 0 Å². The molecule has 0 saturated heterocycles. The van der Waals surface area contributed by atoms with E-state index in [-0.39, 0.29) is 5.56 Å². The van der Waals surface area contributed by atoms with E-state index in [0.29, 0.717) is 12.0 Å². The predicted molar refractivity (Wildman–Crippen MR) is 70.9 cm³/mol. The molecule has 0 bridgehead atoms. The van der Waals surface area contributed by atoms with Crippen molar-refractivity contribution in [3.8, 4) is 0 Å². The Morgan fingerprint density at radius 3 is 2.00 bits per heavy atom. The first-order valence-electron chi connectivity index (χ1n) is 7.07. The molecule has 0 aromatic rings. The van der Waals surface area contributed by atoms with Gasteiger partial charge in [-0.1, -0.05) is 57.6 Å². The van der Waals surface area contributed by atoms with Crippen LogP contribution < -0.4 is 0 Å². The predicted octanol–water partition coefficient (Wildman–Crippen LogP) is 5.12. The largest absolute Gasteiger partial charge is 0.359 e. The van der Waals surface area contributed by atoms with Crippen molar-refractivity contribution >= 4 is 11.6 Å². The molecule has 0 amide bonds.